The fourth-order valence-electron chi connectivity index (χ4n) is 3.80. The molecule has 2 aromatic rings. The van der Waals surface area contributed by atoms with Crippen LogP contribution in [0.15, 0.2) is 9.79 Å². The molecule has 248 valence electrons. The van der Waals surface area contributed by atoms with E-state index >= 15 is 0 Å². The average Bonchev–Trinajstić information content (AvgIpc) is 2.92. The van der Waals surface area contributed by atoms with Crippen LogP contribution in [0.2, 0.25) is 0 Å². The summed E-state index contributed by atoms with van der Waals surface area (Å²) < 4.78 is 0. The lowest BCUT2D eigenvalue weighted by Gasteiger charge is -2.20. The Kier molecular flexibility index (Phi) is 12.5. The zero-order chi connectivity index (χ0) is 36.8. The number of benzene rings is 2. The van der Waals surface area contributed by atoms with Gasteiger partial charge in [-0.2, -0.15) is 0 Å². The Hall–Kier alpha value is -6.20. The minimum atomic E-state index is -2.42. The van der Waals surface area contributed by atoms with Gasteiger partial charge in [-0.15, -0.1) is 0 Å². The molecule has 2 rings (SSSR count). The Morgan fingerprint density at radius 1 is 0.340 bits per heavy atom. The monoisotopic (exact) mass is 722 g/mol. The maximum Gasteiger partial charge on any atom is 0.337 e. The van der Waals surface area contributed by atoms with Crippen molar-refractivity contribution in [2.75, 3.05) is 0 Å². The first-order chi connectivity index (χ1) is 21.6. The number of hydrogen-bond acceptors (Lipinski definition) is 13. The lowest BCUT2D eigenvalue weighted by molar-refractivity contribution is 0.0604. The summed E-state index contributed by atoms with van der Waals surface area (Å²) in [5.74, 6) is -23.9. The first-order valence-corrected chi connectivity index (χ1v) is 13.4. The molecule has 0 spiro atoms. The maximum absolute atomic E-state index is 12.1. The summed E-state index contributed by atoms with van der Waals surface area (Å²) in [5, 5.41) is 96.1. The van der Waals surface area contributed by atoms with Gasteiger partial charge in [0, 0.05) is 9.79 Å². The van der Waals surface area contributed by atoms with Gasteiger partial charge in [-0.05, 0) is 11.6 Å². The molecule has 47 heavy (non-hydrogen) atoms. The fraction of sp³-hybridized carbons (Fsp3) is 0. The van der Waals surface area contributed by atoms with E-state index in [1.807, 2.05) is 0 Å². The van der Waals surface area contributed by atoms with Crippen LogP contribution in [0, 0.1) is 0 Å². The molecule has 21 nitrogen and oxygen atoms in total. The fourth-order valence-corrected chi connectivity index (χ4v) is 6.56. The van der Waals surface area contributed by atoms with E-state index in [1.54, 1.807) is 0 Å². The Balaban J connectivity index is 0.00000354. The van der Waals surface area contributed by atoms with E-state index in [-0.39, 0.29) is 5.75 Å². The van der Waals surface area contributed by atoms with E-state index in [0.717, 1.165) is 0 Å². The second-order valence-electron chi connectivity index (χ2n) is 7.72. The third kappa shape index (κ3) is 7.55. The lowest BCUT2D eigenvalue weighted by atomic mass is 9.90. The molecule has 24 heteroatoms. The van der Waals surface area contributed by atoms with Gasteiger partial charge in [-0.3, -0.25) is 4.79 Å². The molecule has 0 unspecified atom stereocenters. The summed E-state index contributed by atoms with van der Waals surface area (Å²) in [6, 6.07) is 0. The Bertz CT molecular complexity index is 1610. The molecule has 0 saturated carbocycles. The van der Waals surface area contributed by atoms with Gasteiger partial charge < -0.3 is 51.1 Å². The Morgan fingerprint density at radius 3 is 0.553 bits per heavy atom. The van der Waals surface area contributed by atoms with E-state index in [4.69, 9.17) is 4.79 Å². The van der Waals surface area contributed by atoms with Crippen LogP contribution in [0.25, 0.3) is 0 Å². The third-order valence-corrected chi connectivity index (χ3v) is 7.74. The number of carbonyl (C=O) groups excluding carboxylic acids is 1. The Morgan fingerprint density at radius 2 is 0.447 bits per heavy atom. The quantitative estimate of drug-likeness (QED) is 0.0801. The predicted molar refractivity (Wildman–Crippen MR) is 147 cm³/mol. The smallest absolute Gasteiger partial charge is 0.337 e. The minimum Gasteiger partial charge on any atom is -0.478 e. The van der Waals surface area contributed by atoms with Crippen LogP contribution in [-0.2, 0) is 4.79 Å². The van der Waals surface area contributed by atoms with Gasteiger partial charge in [0.25, 0.3) is 0 Å². The standard InChI is InChI=1S/C22H10O20S2.CHClO/c23-13(24)1-3(15(27)28)7(19(35)36)11(8(20(37)38)4(1)16(29)30)43-44-12-9(21(39)40)5(17(31)32)2(14(25)26)6(18(33)34)10(12)22(41)42;2-1-3/h(H,23,24)(H,25,26)(H,27,28)(H,29,30)(H,31,32)(H,33,34)(H,35,36)(H,37,38)(H,39,40)(H,41,42);1H. The van der Waals surface area contributed by atoms with Gasteiger partial charge in [-0.25, -0.2) is 47.9 Å². The number of carboxylic acid groups (broad SMARTS) is 10. The number of carboxylic acids is 10. The number of rotatable bonds is 13. The molecule has 0 bridgehead atoms. The number of hydrogen-bond donors (Lipinski definition) is 10. The van der Waals surface area contributed by atoms with Gasteiger partial charge in [0.05, 0.1) is 55.6 Å². The van der Waals surface area contributed by atoms with Crippen LogP contribution >= 0.6 is 33.2 Å². The lowest BCUT2D eigenvalue weighted by Crippen LogP contribution is -2.25. The first kappa shape index (κ1) is 38.8. The van der Waals surface area contributed by atoms with Gasteiger partial charge in [-0.1, -0.05) is 21.6 Å². The highest BCUT2D eigenvalue weighted by Crippen LogP contribution is 2.48. The molecule has 0 fully saturated rings. The Labute approximate surface area is 267 Å². The largest absolute Gasteiger partial charge is 0.478 e. The van der Waals surface area contributed by atoms with Crippen molar-refractivity contribution in [1.29, 1.82) is 0 Å². The van der Waals surface area contributed by atoms with E-state index in [1.165, 1.54) is 0 Å². The van der Waals surface area contributed by atoms with Gasteiger partial charge >= 0.3 is 59.7 Å². The van der Waals surface area contributed by atoms with E-state index in [0.29, 0.717) is 0 Å². The normalized spacial score (nSPS) is 10.1. The molecular formula is C23H11ClO21S2. The summed E-state index contributed by atoms with van der Waals surface area (Å²) >= 11 is 4.32. The minimum absolute atomic E-state index is 0.222. The molecule has 0 aromatic heterocycles. The molecule has 0 aliphatic carbocycles. The summed E-state index contributed by atoms with van der Waals surface area (Å²) in [7, 11) is -0.879. The van der Waals surface area contributed by atoms with Gasteiger partial charge in [0.1, 0.15) is 0 Å². The molecule has 10 N–H and O–H groups in total. The second kappa shape index (κ2) is 15.2. The van der Waals surface area contributed by atoms with Crippen molar-refractivity contribution in [3.63, 3.8) is 0 Å². The van der Waals surface area contributed by atoms with Crippen molar-refractivity contribution in [1.82, 2.24) is 0 Å². The molecule has 2 aromatic carbocycles. The van der Waals surface area contributed by atoms with Crippen molar-refractivity contribution in [3.05, 3.63) is 55.6 Å². The molecule has 0 heterocycles. The third-order valence-electron chi connectivity index (χ3n) is 5.26. The highest BCUT2D eigenvalue weighted by molar-refractivity contribution is 8.76. The molecule has 0 aliphatic rings. The maximum atomic E-state index is 12.1. The zero-order valence-corrected chi connectivity index (χ0v) is 24.1. The molecule has 0 atom stereocenters. The summed E-state index contributed by atoms with van der Waals surface area (Å²) in [5.41, 5.74) is -17.7. The number of carbonyl (C=O) groups is 11. The van der Waals surface area contributed by atoms with E-state index < -0.39 is 147 Å². The van der Waals surface area contributed by atoms with E-state index in [2.05, 4.69) is 11.6 Å². The molecule has 0 saturated heterocycles. The average molecular weight is 723 g/mol. The first-order valence-electron chi connectivity index (χ1n) is 10.8. The molecule has 0 aliphatic heterocycles. The highest BCUT2D eigenvalue weighted by Gasteiger charge is 2.41. The van der Waals surface area contributed by atoms with Crippen molar-refractivity contribution in [3.8, 4) is 0 Å². The number of aromatic carboxylic acids is 10. The summed E-state index contributed by atoms with van der Waals surface area (Å²) in [4.78, 5) is 125. The molecule has 0 amide bonds. The van der Waals surface area contributed by atoms with Crippen molar-refractivity contribution in [2.45, 2.75) is 9.79 Å². The van der Waals surface area contributed by atoms with Crippen LogP contribution in [0.4, 0.5) is 0 Å². The van der Waals surface area contributed by atoms with Crippen LogP contribution in [-0.4, -0.2) is 117 Å². The highest BCUT2D eigenvalue weighted by atomic mass is 35.5. The van der Waals surface area contributed by atoms with Crippen molar-refractivity contribution >= 4 is 98.6 Å². The van der Waals surface area contributed by atoms with Crippen LogP contribution in [0.1, 0.15) is 104 Å². The molecule has 0 radical (unpaired) electrons. The van der Waals surface area contributed by atoms with E-state index in [9.17, 15) is 99.0 Å². The number of halogens is 1. The van der Waals surface area contributed by atoms with Crippen molar-refractivity contribution < 1.29 is 104 Å². The van der Waals surface area contributed by atoms with Crippen LogP contribution in [0.5, 0.6) is 0 Å². The van der Waals surface area contributed by atoms with Gasteiger partial charge in [0.15, 0.2) is 0 Å². The van der Waals surface area contributed by atoms with Gasteiger partial charge in [0.2, 0.25) is 5.75 Å². The van der Waals surface area contributed by atoms with Crippen LogP contribution < -0.4 is 0 Å². The summed E-state index contributed by atoms with van der Waals surface area (Å²) in [6.07, 6.45) is 0. The van der Waals surface area contributed by atoms with Crippen LogP contribution in [0.3, 0.4) is 0 Å². The second-order valence-corrected chi connectivity index (χ2v) is 10.0. The SMILES string of the molecule is O=C(O)c1c(SSc2c(C(=O)O)c(C(=O)O)c(C(=O)O)c(C(=O)O)c2C(=O)O)c(C(=O)O)c(C(=O)O)c(C(=O)O)c1C(=O)O.O=CCl. The zero-order valence-electron chi connectivity index (χ0n) is 21.7. The van der Waals surface area contributed by atoms with Crippen molar-refractivity contribution in [2.24, 2.45) is 0 Å². The summed E-state index contributed by atoms with van der Waals surface area (Å²) in [6.45, 7) is 0. The predicted octanol–water partition coefficient (Wildman–Crippen LogP) is 1.88. The molecular weight excluding hydrogens is 712 g/mol. The topological polar surface area (TPSA) is 390 Å².